The van der Waals surface area contributed by atoms with E-state index < -0.39 is 0 Å². The third-order valence-corrected chi connectivity index (χ3v) is 43.3. The predicted molar refractivity (Wildman–Crippen MR) is 214 cm³/mol. The van der Waals surface area contributed by atoms with Crippen LogP contribution in [0.3, 0.4) is 0 Å². The molecule has 300 valence electrons. The van der Waals surface area contributed by atoms with E-state index in [1.807, 2.05) is 13.8 Å². The zero-order chi connectivity index (χ0) is 38.7. The Morgan fingerprint density at radius 1 is 0.259 bits per heavy atom. The summed E-state index contributed by atoms with van der Waals surface area (Å²) in [5, 5.41) is 0. The highest BCUT2D eigenvalue weighted by atomic mass is 15.5. The molecule has 40 atom stereocenters. The second-order valence-corrected chi connectivity index (χ2v) is 33.2. The first-order valence-electron chi connectivity index (χ1n) is 27.2. The van der Waals surface area contributed by atoms with Gasteiger partial charge in [-0.05, 0) is 237 Å². The molecule has 0 saturated heterocycles. The molecular formula is C58H68. The Morgan fingerprint density at radius 3 is 0.724 bits per heavy atom. The van der Waals surface area contributed by atoms with Crippen LogP contribution in [0.2, 0.25) is 0 Å². The van der Waals surface area contributed by atoms with E-state index in [4.69, 9.17) is 0 Å². The number of hydrogen-bond donors (Lipinski definition) is 0. The molecule has 12 spiro atoms. The first-order valence-corrected chi connectivity index (χ1v) is 27.2. The van der Waals surface area contributed by atoms with Crippen molar-refractivity contribution in [2.45, 2.75) is 124 Å². The average Bonchev–Trinajstić information content (AvgIpc) is 3.16. The molecule has 0 bridgehead atoms. The van der Waals surface area contributed by atoms with E-state index in [2.05, 4.69) is 96.9 Å². The zero-order valence-corrected chi connectivity index (χ0v) is 38.7. The van der Waals surface area contributed by atoms with Crippen molar-refractivity contribution in [3.05, 3.63) is 0 Å². The molecule has 0 heterocycles. The lowest BCUT2D eigenvalue weighted by Crippen LogP contribution is -3.45. The summed E-state index contributed by atoms with van der Waals surface area (Å²) >= 11 is 0. The summed E-state index contributed by atoms with van der Waals surface area (Å²) in [6, 6.07) is 0. The normalized spacial score (nSPS) is 111. The first-order chi connectivity index (χ1) is 27.2. The first kappa shape index (κ1) is 28.0. The molecule has 0 amide bonds. The Labute approximate surface area is 346 Å². The molecule has 26 rings (SSSR count). The minimum Gasteiger partial charge on any atom is -0.0683 e. The molecule has 0 aromatic rings. The molecule has 0 radical (unpaired) electrons. The van der Waals surface area contributed by atoms with Crippen molar-refractivity contribution in [2.24, 2.45) is 225 Å². The predicted octanol–water partition coefficient (Wildman–Crippen LogP) is 11.0. The molecule has 0 aromatic carbocycles. The highest BCUT2D eigenvalue weighted by molar-refractivity contribution is 5.93. The molecule has 26 aliphatic carbocycles. The lowest BCUT2D eigenvalue weighted by atomic mass is 8.56. The van der Waals surface area contributed by atoms with Gasteiger partial charge in [-0.2, -0.15) is 0 Å². The van der Waals surface area contributed by atoms with Gasteiger partial charge in [0.15, 0.2) is 0 Å². The maximum Gasteiger partial charge on any atom is -0.00566 e. The van der Waals surface area contributed by atoms with Crippen LogP contribution in [0.1, 0.15) is 124 Å². The van der Waals surface area contributed by atoms with E-state index in [-0.39, 0.29) is 0 Å². The zero-order valence-electron chi connectivity index (χ0n) is 38.7. The van der Waals surface area contributed by atoms with Gasteiger partial charge in [0, 0.05) is 0 Å². The van der Waals surface area contributed by atoms with Crippen molar-refractivity contribution in [3.63, 3.8) is 0 Å². The van der Waals surface area contributed by atoms with Crippen LogP contribution >= 0.6 is 0 Å². The minimum absolute atomic E-state index is 0.588. The molecule has 0 heteroatoms. The maximum absolute atomic E-state index is 3.18. The summed E-state index contributed by atoms with van der Waals surface area (Å²) < 4.78 is 0. The fourth-order valence-corrected chi connectivity index (χ4v) is 48.8. The van der Waals surface area contributed by atoms with E-state index in [9.17, 15) is 0 Å². The lowest BCUT2D eigenvalue weighted by Gasteiger charge is -3.46. The van der Waals surface area contributed by atoms with E-state index in [0.29, 0.717) is 65.0 Å². The topological polar surface area (TPSA) is 0 Å². The van der Waals surface area contributed by atoms with E-state index in [0.717, 1.165) is 88.7 Å². The van der Waals surface area contributed by atoms with Crippen molar-refractivity contribution in [1.29, 1.82) is 0 Å². The summed E-state index contributed by atoms with van der Waals surface area (Å²) in [7, 11) is 0. The largest absolute Gasteiger partial charge is 0.0683 e. The van der Waals surface area contributed by atoms with Crippen LogP contribution < -0.4 is 0 Å². The van der Waals surface area contributed by atoms with Crippen LogP contribution in [-0.4, -0.2) is 0 Å². The Hall–Kier alpha value is 0. The van der Waals surface area contributed by atoms with Crippen molar-refractivity contribution >= 4 is 0 Å². The van der Waals surface area contributed by atoms with Crippen molar-refractivity contribution in [1.82, 2.24) is 0 Å². The van der Waals surface area contributed by atoms with E-state index in [1.165, 1.54) is 71.0 Å². The standard InChI is InChI=1S/C56H62.C2H6/c1-17-19-15-21-23-25-27-29-31-32-30-28-26-24-22-16-20-18(2)34(4)36(6)38(8)40(10)42(12)44(14)43(13)41(11)39(9)37(7)35(5)33(17,3)45(19,21)47(23,35)49(25,37)51(27,39)53(29,41)55(31,43)56(32,44)54(30,42)52(28,40)50(26,38)48(24,36)46(20,22)34;1-2/h17-32H,15-16H2,1-14H3;1-2H3. The van der Waals surface area contributed by atoms with Gasteiger partial charge in [-0.15, -0.1) is 0 Å². The van der Waals surface area contributed by atoms with Crippen LogP contribution in [0, 0.1) is 225 Å². The number of hydrogen-bond acceptors (Lipinski definition) is 0. The fourth-order valence-electron chi connectivity index (χ4n) is 48.8. The molecule has 58 heavy (non-hydrogen) atoms. The highest BCUT2D eigenvalue weighted by Gasteiger charge is 3.48. The molecule has 0 aliphatic heterocycles. The van der Waals surface area contributed by atoms with Crippen LogP contribution in [0.15, 0.2) is 0 Å². The summed E-state index contributed by atoms with van der Waals surface area (Å²) in [6.45, 7) is 46.9. The quantitative estimate of drug-likeness (QED) is 0.230. The minimum atomic E-state index is 0.588. The molecule has 40 unspecified atom stereocenters. The monoisotopic (exact) mass is 765 g/mol. The highest BCUT2D eigenvalue weighted by Crippen LogP contribution is 3.50. The number of fused-ring (bicyclic) bond motifs is 22. The summed E-state index contributed by atoms with van der Waals surface area (Å²) in [5.74, 6) is 18.8. The molecule has 26 aliphatic rings. The van der Waals surface area contributed by atoms with Gasteiger partial charge >= 0.3 is 0 Å². The van der Waals surface area contributed by atoms with Crippen molar-refractivity contribution < 1.29 is 0 Å². The average molecular weight is 765 g/mol. The fraction of sp³-hybridized carbons (Fsp3) is 1.00. The van der Waals surface area contributed by atoms with Gasteiger partial charge in [-0.1, -0.05) is 111 Å². The molecule has 0 nitrogen and oxygen atoms in total. The van der Waals surface area contributed by atoms with Gasteiger partial charge in [0.2, 0.25) is 0 Å². The van der Waals surface area contributed by atoms with Gasteiger partial charge in [-0.25, -0.2) is 0 Å². The van der Waals surface area contributed by atoms with Gasteiger partial charge in [-0.3, -0.25) is 0 Å². The summed E-state index contributed by atoms with van der Waals surface area (Å²) in [4.78, 5) is 0. The van der Waals surface area contributed by atoms with Crippen molar-refractivity contribution in [3.8, 4) is 0 Å². The molecular weight excluding hydrogens is 697 g/mol. The SMILES string of the molecule is CC.CC1C2CC3C4C5C6C7C8C9C%10C%11C%12C%13C%14CC%15C(C)C%16(C)C%15%14C%13%14C%16(C)C%13(C)C%15(C)C%16(C)C%17(C)C%18(C)C%19(C)C%20(C)C%21(C)C%22(C)C1(C)C23C4%22C5%21C6%20C7%19C8%18C9%17C%10%16C%11%15C%12%13%14. The Kier molecular flexibility index (Phi) is 2.29. The van der Waals surface area contributed by atoms with Crippen LogP contribution in [0.25, 0.3) is 0 Å². The Morgan fingerprint density at radius 2 is 0.466 bits per heavy atom. The molecule has 0 N–H and O–H groups in total. The second kappa shape index (κ2) is 4.75. The van der Waals surface area contributed by atoms with Crippen LogP contribution in [0.5, 0.6) is 0 Å². The molecule has 26 saturated carbocycles. The van der Waals surface area contributed by atoms with Gasteiger partial charge in [0.25, 0.3) is 0 Å². The summed E-state index contributed by atoms with van der Waals surface area (Å²) in [6.07, 6.45) is 3.36. The van der Waals surface area contributed by atoms with E-state index in [1.54, 1.807) is 12.8 Å². The summed E-state index contributed by atoms with van der Waals surface area (Å²) in [5.41, 5.74) is 17.3. The molecule has 26 fully saturated rings. The van der Waals surface area contributed by atoms with Gasteiger partial charge < -0.3 is 0 Å². The lowest BCUT2D eigenvalue weighted by molar-refractivity contribution is -1.02. The third-order valence-electron chi connectivity index (χ3n) is 43.3. The smallest absolute Gasteiger partial charge is 0.00566 e. The number of rotatable bonds is 0. The van der Waals surface area contributed by atoms with Gasteiger partial charge in [0.05, 0.1) is 0 Å². The van der Waals surface area contributed by atoms with Crippen LogP contribution in [0.4, 0.5) is 0 Å². The Bertz CT molecular complexity index is 2660. The van der Waals surface area contributed by atoms with Gasteiger partial charge in [0.1, 0.15) is 0 Å². The molecule has 0 aromatic heterocycles. The van der Waals surface area contributed by atoms with Crippen molar-refractivity contribution in [2.75, 3.05) is 0 Å². The Balaban J connectivity index is 0.00000128. The maximum atomic E-state index is 3.18. The second-order valence-electron chi connectivity index (χ2n) is 33.2. The third kappa shape index (κ3) is 0.794. The van der Waals surface area contributed by atoms with E-state index >= 15 is 0 Å². The van der Waals surface area contributed by atoms with Crippen LogP contribution in [-0.2, 0) is 0 Å².